The molecule has 2 aromatic carbocycles. The summed E-state index contributed by atoms with van der Waals surface area (Å²) in [5.74, 6) is 1.01. The molecule has 0 saturated carbocycles. The summed E-state index contributed by atoms with van der Waals surface area (Å²) in [5.41, 5.74) is 3.10. The second-order valence-corrected chi connectivity index (χ2v) is 9.18. The lowest BCUT2D eigenvalue weighted by Gasteiger charge is -2.34. The number of amides is 1. The van der Waals surface area contributed by atoms with Gasteiger partial charge in [-0.15, -0.1) is 0 Å². The fraction of sp³-hybridized carbons (Fsp3) is 0.481. The number of anilines is 1. The van der Waals surface area contributed by atoms with E-state index < -0.39 is 0 Å². The van der Waals surface area contributed by atoms with E-state index in [1.807, 2.05) is 24.3 Å². The van der Waals surface area contributed by atoms with Crippen molar-refractivity contribution in [3.63, 3.8) is 0 Å². The van der Waals surface area contributed by atoms with E-state index in [1.165, 1.54) is 18.4 Å². The molecular weight excluding hydrogens is 396 g/mol. The SMILES string of the molecule is N#Cc1ccccc1N1CCC(C(=O)NCCC2CCN(Cc3ccccc3)CC2)CC1. The summed E-state index contributed by atoms with van der Waals surface area (Å²) in [4.78, 5) is 17.5. The standard InChI is InChI=1S/C27H34N4O/c28-20-25-8-4-5-9-26(25)31-18-13-24(14-19-31)27(32)29-15-10-22-11-16-30(17-12-22)21-23-6-2-1-3-7-23/h1-9,22,24H,10-19,21H2,(H,29,32). The molecular formula is C27H34N4O. The molecule has 0 aromatic heterocycles. The molecule has 0 bridgehead atoms. The minimum Gasteiger partial charge on any atom is -0.370 e. The van der Waals surface area contributed by atoms with Crippen LogP contribution in [0.3, 0.4) is 0 Å². The van der Waals surface area contributed by atoms with Crippen molar-refractivity contribution in [2.45, 2.75) is 38.6 Å². The van der Waals surface area contributed by atoms with Crippen molar-refractivity contribution in [3.8, 4) is 6.07 Å². The van der Waals surface area contributed by atoms with E-state index in [2.05, 4.69) is 51.5 Å². The van der Waals surface area contributed by atoms with E-state index in [9.17, 15) is 10.1 Å². The van der Waals surface area contributed by atoms with Crippen LogP contribution >= 0.6 is 0 Å². The number of likely N-dealkylation sites (tertiary alicyclic amines) is 1. The molecule has 2 aliphatic heterocycles. The zero-order chi connectivity index (χ0) is 22.2. The average molecular weight is 431 g/mol. The lowest BCUT2D eigenvalue weighted by molar-refractivity contribution is -0.125. The van der Waals surface area contributed by atoms with Crippen molar-refractivity contribution in [1.29, 1.82) is 5.26 Å². The molecule has 2 fully saturated rings. The molecule has 168 valence electrons. The Balaban J connectivity index is 1.13. The molecule has 2 aromatic rings. The molecule has 1 N–H and O–H groups in total. The van der Waals surface area contributed by atoms with Crippen LogP contribution < -0.4 is 10.2 Å². The summed E-state index contributed by atoms with van der Waals surface area (Å²) in [5, 5.41) is 12.5. The Bertz CT molecular complexity index is 907. The van der Waals surface area contributed by atoms with Crippen LogP contribution in [0, 0.1) is 23.2 Å². The molecule has 0 atom stereocenters. The molecule has 0 aliphatic carbocycles. The maximum atomic E-state index is 12.7. The highest BCUT2D eigenvalue weighted by Crippen LogP contribution is 2.26. The fourth-order valence-electron chi connectivity index (χ4n) is 5.05. The highest BCUT2D eigenvalue weighted by Gasteiger charge is 2.26. The first kappa shape index (κ1) is 22.4. The zero-order valence-corrected chi connectivity index (χ0v) is 18.9. The Kier molecular flexibility index (Phi) is 7.79. The quantitative estimate of drug-likeness (QED) is 0.715. The number of nitriles is 1. The van der Waals surface area contributed by atoms with Gasteiger partial charge in [0, 0.05) is 32.1 Å². The molecule has 4 rings (SSSR count). The topological polar surface area (TPSA) is 59.4 Å². The molecule has 0 unspecified atom stereocenters. The van der Waals surface area contributed by atoms with Crippen LogP contribution in [-0.2, 0) is 11.3 Å². The lowest BCUT2D eigenvalue weighted by Crippen LogP contribution is -2.41. The van der Waals surface area contributed by atoms with Crippen LogP contribution in [0.4, 0.5) is 5.69 Å². The third-order valence-corrected chi connectivity index (χ3v) is 7.04. The summed E-state index contributed by atoms with van der Waals surface area (Å²) in [6, 6.07) is 20.7. The molecule has 5 nitrogen and oxygen atoms in total. The first-order valence-electron chi connectivity index (χ1n) is 12.0. The van der Waals surface area contributed by atoms with Gasteiger partial charge in [0.15, 0.2) is 0 Å². The van der Waals surface area contributed by atoms with Crippen LogP contribution in [0.25, 0.3) is 0 Å². The zero-order valence-electron chi connectivity index (χ0n) is 18.9. The van der Waals surface area contributed by atoms with Crippen LogP contribution in [-0.4, -0.2) is 43.5 Å². The van der Waals surface area contributed by atoms with E-state index >= 15 is 0 Å². The number of carbonyl (C=O) groups excluding carboxylic acids is 1. The highest BCUT2D eigenvalue weighted by molar-refractivity contribution is 5.79. The molecule has 1 amide bonds. The molecule has 0 radical (unpaired) electrons. The molecule has 2 aliphatic rings. The van der Waals surface area contributed by atoms with E-state index in [0.29, 0.717) is 11.5 Å². The van der Waals surface area contributed by atoms with Crippen LogP contribution in [0.1, 0.15) is 43.2 Å². The second kappa shape index (κ2) is 11.2. The van der Waals surface area contributed by atoms with Crippen molar-refractivity contribution in [2.24, 2.45) is 11.8 Å². The number of nitrogens with one attached hydrogen (secondary N) is 1. The number of hydrogen-bond donors (Lipinski definition) is 1. The van der Waals surface area contributed by atoms with Crippen molar-refractivity contribution < 1.29 is 4.79 Å². The number of para-hydroxylation sites is 1. The maximum absolute atomic E-state index is 12.7. The largest absolute Gasteiger partial charge is 0.370 e. The number of benzene rings is 2. The summed E-state index contributed by atoms with van der Waals surface area (Å²) in [6.07, 6.45) is 5.23. The third kappa shape index (κ3) is 5.89. The number of carbonyl (C=O) groups is 1. The fourth-order valence-corrected chi connectivity index (χ4v) is 5.05. The highest BCUT2D eigenvalue weighted by atomic mass is 16.1. The van der Waals surface area contributed by atoms with Gasteiger partial charge in [0.05, 0.1) is 11.3 Å². The van der Waals surface area contributed by atoms with Gasteiger partial charge in [0.2, 0.25) is 5.91 Å². The van der Waals surface area contributed by atoms with Gasteiger partial charge in [-0.3, -0.25) is 9.69 Å². The van der Waals surface area contributed by atoms with Crippen LogP contribution in [0.15, 0.2) is 54.6 Å². The lowest BCUT2D eigenvalue weighted by atomic mass is 9.92. The summed E-state index contributed by atoms with van der Waals surface area (Å²) >= 11 is 0. The van der Waals surface area contributed by atoms with E-state index in [-0.39, 0.29) is 11.8 Å². The Morgan fingerprint density at radius 2 is 1.62 bits per heavy atom. The van der Waals surface area contributed by atoms with Crippen molar-refractivity contribution in [2.75, 3.05) is 37.6 Å². The summed E-state index contributed by atoms with van der Waals surface area (Å²) in [7, 11) is 0. The predicted molar refractivity (Wildman–Crippen MR) is 128 cm³/mol. The Labute approximate surface area is 192 Å². The second-order valence-electron chi connectivity index (χ2n) is 9.18. The molecule has 0 spiro atoms. The van der Waals surface area contributed by atoms with Crippen LogP contribution in [0.2, 0.25) is 0 Å². The third-order valence-electron chi connectivity index (χ3n) is 7.04. The number of nitrogens with zero attached hydrogens (tertiary/aromatic N) is 3. The number of rotatable bonds is 7. The van der Waals surface area contributed by atoms with E-state index in [4.69, 9.17) is 0 Å². The average Bonchev–Trinajstić information content (AvgIpc) is 2.86. The first-order chi connectivity index (χ1) is 15.7. The van der Waals surface area contributed by atoms with Gasteiger partial charge in [-0.05, 0) is 68.8 Å². The Hall–Kier alpha value is -2.84. The van der Waals surface area contributed by atoms with E-state index in [0.717, 1.165) is 64.2 Å². The predicted octanol–water partition coefficient (Wildman–Crippen LogP) is 4.19. The van der Waals surface area contributed by atoms with Gasteiger partial charge in [-0.2, -0.15) is 5.26 Å². The minimum absolute atomic E-state index is 0.0909. The van der Waals surface area contributed by atoms with Gasteiger partial charge in [-0.25, -0.2) is 0 Å². The van der Waals surface area contributed by atoms with Gasteiger partial charge < -0.3 is 10.2 Å². The minimum atomic E-state index is 0.0909. The smallest absolute Gasteiger partial charge is 0.223 e. The Morgan fingerprint density at radius 3 is 2.34 bits per heavy atom. The molecule has 32 heavy (non-hydrogen) atoms. The summed E-state index contributed by atoms with van der Waals surface area (Å²) in [6.45, 7) is 5.79. The van der Waals surface area contributed by atoms with Crippen molar-refractivity contribution >= 4 is 11.6 Å². The van der Waals surface area contributed by atoms with Gasteiger partial charge in [-0.1, -0.05) is 42.5 Å². The monoisotopic (exact) mass is 430 g/mol. The summed E-state index contributed by atoms with van der Waals surface area (Å²) < 4.78 is 0. The molecule has 2 saturated heterocycles. The van der Waals surface area contributed by atoms with E-state index in [1.54, 1.807) is 0 Å². The van der Waals surface area contributed by atoms with Gasteiger partial charge in [0.1, 0.15) is 6.07 Å². The normalized spacial score (nSPS) is 18.3. The van der Waals surface area contributed by atoms with Crippen molar-refractivity contribution in [3.05, 3.63) is 65.7 Å². The first-order valence-corrected chi connectivity index (χ1v) is 12.0. The number of hydrogen-bond acceptors (Lipinski definition) is 4. The van der Waals surface area contributed by atoms with Crippen molar-refractivity contribution in [1.82, 2.24) is 10.2 Å². The molecule has 2 heterocycles. The Morgan fingerprint density at radius 1 is 0.938 bits per heavy atom. The van der Waals surface area contributed by atoms with Gasteiger partial charge in [0.25, 0.3) is 0 Å². The number of piperidine rings is 2. The van der Waals surface area contributed by atoms with Gasteiger partial charge >= 0.3 is 0 Å². The van der Waals surface area contributed by atoms with Crippen LogP contribution in [0.5, 0.6) is 0 Å². The molecule has 5 heteroatoms. The maximum Gasteiger partial charge on any atom is 0.223 e.